The monoisotopic (exact) mass is 379 g/mol. The van der Waals surface area contributed by atoms with Crippen LogP contribution in [-0.4, -0.2) is 39.1 Å². The van der Waals surface area contributed by atoms with Crippen molar-refractivity contribution >= 4 is 21.8 Å². The molecule has 1 aliphatic rings. The molecule has 0 heterocycles. The summed E-state index contributed by atoms with van der Waals surface area (Å²) < 4.78 is 25.5. The SMILES string of the molecule is C=CC(=O)NCc1ccccc1C(=O)NCC1CCCC1NS(C)(=O)=O. The van der Waals surface area contributed by atoms with E-state index in [4.69, 9.17) is 0 Å². The molecule has 142 valence electrons. The molecule has 7 nitrogen and oxygen atoms in total. The molecule has 0 aromatic heterocycles. The van der Waals surface area contributed by atoms with E-state index in [1.165, 1.54) is 6.08 Å². The molecular weight excluding hydrogens is 354 g/mol. The molecule has 1 saturated carbocycles. The lowest BCUT2D eigenvalue weighted by molar-refractivity contribution is -0.116. The van der Waals surface area contributed by atoms with Crippen molar-refractivity contribution in [2.24, 2.45) is 5.92 Å². The van der Waals surface area contributed by atoms with Crippen molar-refractivity contribution in [3.8, 4) is 0 Å². The molecule has 0 aliphatic heterocycles. The van der Waals surface area contributed by atoms with Gasteiger partial charge in [-0.2, -0.15) is 0 Å². The van der Waals surface area contributed by atoms with Gasteiger partial charge in [0.15, 0.2) is 0 Å². The Kier molecular flexibility index (Phi) is 6.93. The Hall–Kier alpha value is -2.19. The maximum atomic E-state index is 12.5. The number of carbonyl (C=O) groups is 2. The van der Waals surface area contributed by atoms with Crippen molar-refractivity contribution in [3.63, 3.8) is 0 Å². The fraction of sp³-hybridized carbons (Fsp3) is 0.444. The number of sulfonamides is 1. The van der Waals surface area contributed by atoms with Gasteiger partial charge < -0.3 is 10.6 Å². The van der Waals surface area contributed by atoms with E-state index in [0.717, 1.165) is 25.5 Å². The van der Waals surface area contributed by atoms with Crippen LogP contribution in [0, 0.1) is 5.92 Å². The summed E-state index contributed by atoms with van der Waals surface area (Å²) >= 11 is 0. The fourth-order valence-corrected chi connectivity index (χ4v) is 4.04. The minimum atomic E-state index is -3.27. The lowest BCUT2D eigenvalue weighted by atomic mass is 10.0. The summed E-state index contributed by atoms with van der Waals surface area (Å²) in [5.74, 6) is -0.472. The van der Waals surface area contributed by atoms with Crippen LogP contribution >= 0.6 is 0 Å². The summed E-state index contributed by atoms with van der Waals surface area (Å²) in [6.45, 7) is 4.03. The highest BCUT2D eigenvalue weighted by Gasteiger charge is 2.29. The van der Waals surface area contributed by atoms with Crippen LogP contribution in [0.2, 0.25) is 0 Å². The summed E-state index contributed by atoms with van der Waals surface area (Å²) in [6, 6.07) is 6.90. The van der Waals surface area contributed by atoms with Gasteiger partial charge in [-0.1, -0.05) is 31.2 Å². The first-order chi connectivity index (χ1) is 12.3. The third-order valence-corrected chi connectivity index (χ3v) is 5.18. The van der Waals surface area contributed by atoms with E-state index in [1.807, 2.05) is 0 Å². The molecule has 0 bridgehead atoms. The quantitative estimate of drug-likeness (QED) is 0.585. The maximum absolute atomic E-state index is 12.5. The van der Waals surface area contributed by atoms with E-state index in [0.29, 0.717) is 17.7 Å². The average molecular weight is 379 g/mol. The van der Waals surface area contributed by atoms with Gasteiger partial charge in [0, 0.05) is 24.7 Å². The lowest BCUT2D eigenvalue weighted by Gasteiger charge is -2.20. The second kappa shape index (κ2) is 8.95. The molecule has 2 unspecified atom stereocenters. The fourth-order valence-electron chi connectivity index (χ4n) is 3.18. The van der Waals surface area contributed by atoms with Crippen molar-refractivity contribution in [1.29, 1.82) is 0 Å². The van der Waals surface area contributed by atoms with E-state index in [1.54, 1.807) is 24.3 Å². The van der Waals surface area contributed by atoms with Gasteiger partial charge in [0.2, 0.25) is 15.9 Å². The van der Waals surface area contributed by atoms with Gasteiger partial charge in [0.25, 0.3) is 5.91 Å². The van der Waals surface area contributed by atoms with Crippen molar-refractivity contribution in [2.75, 3.05) is 12.8 Å². The van der Waals surface area contributed by atoms with Gasteiger partial charge in [0.05, 0.1) is 6.26 Å². The van der Waals surface area contributed by atoms with E-state index >= 15 is 0 Å². The van der Waals surface area contributed by atoms with E-state index in [-0.39, 0.29) is 30.3 Å². The van der Waals surface area contributed by atoms with Crippen molar-refractivity contribution in [2.45, 2.75) is 31.8 Å². The minimum absolute atomic E-state index is 0.0707. The predicted molar refractivity (Wildman–Crippen MR) is 99.9 cm³/mol. The van der Waals surface area contributed by atoms with Crippen LogP contribution in [0.15, 0.2) is 36.9 Å². The molecule has 1 aliphatic carbocycles. The van der Waals surface area contributed by atoms with E-state index < -0.39 is 10.0 Å². The van der Waals surface area contributed by atoms with Crippen LogP contribution < -0.4 is 15.4 Å². The second-order valence-electron chi connectivity index (χ2n) is 6.48. The number of nitrogens with one attached hydrogen (secondary N) is 3. The molecule has 3 N–H and O–H groups in total. The van der Waals surface area contributed by atoms with Gasteiger partial charge in [-0.25, -0.2) is 13.1 Å². The van der Waals surface area contributed by atoms with Crippen LogP contribution in [0.4, 0.5) is 0 Å². The molecule has 2 amide bonds. The highest BCUT2D eigenvalue weighted by atomic mass is 32.2. The lowest BCUT2D eigenvalue weighted by Crippen LogP contribution is -2.41. The number of hydrogen-bond donors (Lipinski definition) is 3. The molecule has 2 atom stereocenters. The van der Waals surface area contributed by atoms with Gasteiger partial charge in [-0.3, -0.25) is 9.59 Å². The summed E-state index contributed by atoms with van der Waals surface area (Å²) in [5.41, 5.74) is 1.19. The zero-order chi connectivity index (χ0) is 19.2. The standard InChI is InChI=1S/C18H25N3O4S/c1-3-17(22)19-11-13-7-4-5-9-15(13)18(23)20-12-14-8-6-10-16(14)21-26(2,24)25/h3-5,7,9,14,16,21H,1,6,8,10-12H2,2H3,(H,19,22)(H,20,23). The van der Waals surface area contributed by atoms with Gasteiger partial charge >= 0.3 is 0 Å². The first-order valence-electron chi connectivity index (χ1n) is 8.54. The number of rotatable bonds is 8. The third-order valence-electron chi connectivity index (χ3n) is 4.45. The Bertz CT molecular complexity index is 776. The Labute approximate surface area is 154 Å². The molecule has 0 spiro atoms. The van der Waals surface area contributed by atoms with Crippen molar-refractivity contribution < 1.29 is 18.0 Å². The Morgan fingerprint density at radius 1 is 1.23 bits per heavy atom. The Balaban J connectivity index is 1.97. The smallest absolute Gasteiger partial charge is 0.251 e. The Morgan fingerprint density at radius 2 is 1.96 bits per heavy atom. The summed E-state index contributed by atoms with van der Waals surface area (Å²) in [6.07, 6.45) is 4.90. The van der Waals surface area contributed by atoms with E-state index in [9.17, 15) is 18.0 Å². The molecule has 8 heteroatoms. The number of amides is 2. The van der Waals surface area contributed by atoms with Gasteiger partial charge in [-0.15, -0.1) is 0 Å². The van der Waals surface area contributed by atoms with E-state index in [2.05, 4.69) is 21.9 Å². The first kappa shape index (κ1) is 20.1. The minimum Gasteiger partial charge on any atom is -0.352 e. The average Bonchev–Trinajstić information content (AvgIpc) is 3.02. The van der Waals surface area contributed by atoms with Gasteiger partial charge in [0.1, 0.15) is 0 Å². The van der Waals surface area contributed by atoms with Crippen LogP contribution in [0.1, 0.15) is 35.2 Å². The largest absolute Gasteiger partial charge is 0.352 e. The topological polar surface area (TPSA) is 104 Å². The molecule has 1 fully saturated rings. The number of benzene rings is 1. The highest BCUT2D eigenvalue weighted by molar-refractivity contribution is 7.88. The molecule has 26 heavy (non-hydrogen) atoms. The molecule has 1 aromatic rings. The predicted octanol–water partition coefficient (Wildman–Crippen LogP) is 0.937. The third kappa shape index (κ3) is 5.96. The Morgan fingerprint density at radius 3 is 2.65 bits per heavy atom. The molecule has 0 saturated heterocycles. The molecule has 1 aromatic carbocycles. The van der Waals surface area contributed by atoms with Crippen LogP contribution in [0.25, 0.3) is 0 Å². The zero-order valence-electron chi connectivity index (χ0n) is 14.8. The van der Waals surface area contributed by atoms with Crippen LogP contribution in [0.3, 0.4) is 0 Å². The molecule has 0 radical (unpaired) electrons. The number of carbonyl (C=O) groups excluding carboxylic acids is 2. The van der Waals surface area contributed by atoms with Gasteiger partial charge in [-0.05, 0) is 36.5 Å². The van der Waals surface area contributed by atoms with Crippen molar-refractivity contribution in [1.82, 2.24) is 15.4 Å². The highest BCUT2D eigenvalue weighted by Crippen LogP contribution is 2.25. The summed E-state index contributed by atoms with van der Waals surface area (Å²) in [5, 5.41) is 5.55. The maximum Gasteiger partial charge on any atom is 0.251 e. The zero-order valence-corrected chi connectivity index (χ0v) is 15.6. The molecule has 2 rings (SSSR count). The van der Waals surface area contributed by atoms with Crippen LogP contribution in [-0.2, 0) is 21.4 Å². The van der Waals surface area contributed by atoms with Crippen molar-refractivity contribution in [3.05, 3.63) is 48.0 Å². The summed E-state index contributed by atoms with van der Waals surface area (Å²) in [7, 11) is -3.27. The normalized spacial score (nSPS) is 19.7. The number of hydrogen-bond acceptors (Lipinski definition) is 4. The second-order valence-corrected chi connectivity index (χ2v) is 8.26. The molecular formula is C18H25N3O4S. The summed E-state index contributed by atoms with van der Waals surface area (Å²) in [4.78, 5) is 23.9. The first-order valence-corrected chi connectivity index (χ1v) is 10.4. The van der Waals surface area contributed by atoms with Crippen LogP contribution in [0.5, 0.6) is 0 Å².